The second-order valence-electron chi connectivity index (χ2n) is 6.82. The lowest BCUT2D eigenvalue weighted by atomic mass is 10.1. The second-order valence-corrected chi connectivity index (χ2v) is 6.82. The largest absolute Gasteiger partial charge is 0.321 e. The Morgan fingerprint density at radius 1 is 0.909 bits per heavy atom. The van der Waals surface area contributed by atoms with Gasteiger partial charge in [0, 0.05) is 11.6 Å². The van der Waals surface area contributed by atoms with Crippen LogP contribution in [0.15, 0.2) is 71.8 Å². The second kappa shape index (κ2) is 9.92. The van der Waals surface area contributed by atoms with Crippen LogP contribution in [0.3, 0.4) is 0 Å². The van der Waals surface area contributed by atoms with Crippen LogP contribution >= 0.6 is 0 Å². The van der Waals surface area contributed by atoms with E-state index < -0.39 is 33.0 Å². The first kappa shape index (κ1) is 22.7. The third-order valence-corrected chi connectivity index (χ3v) is 4.52. The predicted molar refractivity (Wildman–Crippen MR) is 120 cm³/mol. The van der Waals surface area contributed by atoms with E-state index in [4.69, 9.17) is 0 Å². The molecule has 0 aliphatic rings. The van der Waals surface area contributed by atoms with Crippen LogP contribution in [0.5, 0.6) is 0 Å². The van der Waals surface area contributed by atoms with Gasteiger partial charge in [0.1, 0.15) is 0 Å². The quantitative estimate of drug-likeness (QED) is 0.318. The van der Waals surface area contributed by atoms with Gasteiger partial charge in [-0.05, 0) is 37.3 Å². The molecule has 0 radical (unpaired) electrons. The Balaban J connectivity index is 1.76. The molecule has 166 valence electrons. The summed E-state index contributed by atoms with van der Waals surface area (Å²) in [5.74, 6) is -1.07. The molecule has 2 amide bonds. The van der Waals surface area contributed by atoms with E-state index in [9.17, 15) is 29.8 Å². The first-order chi connectivity index (χ1) is 15.8. The molecule has 0 heterocycles. The van der Waals surface area contributed by atoms with Crippen LogP contribution in [-0.4, -0.2) is 27.9 Å². The molecule has 11 nitrogen and oxygen atoms in total. The molecule has 0 aliphatic heterocycles. The molecular weight excluding hydrogens is 430 g/mol. The van der Waals surface area contributed by atoms with Gasteiger partial charge in [0.05, 0.1) is 38.9 Å². The van der Waals surface area contributed by atoms with E-state index >= 15 is 0 Å². The van der Waals surface area contributed by atoms with Crippen molar-refractivity contribution in [2.24, 2.45) is 5.10 Å². The van der Waals surface area contributed by atoms with E-state index in [1.54, 1.807) is 42.5 Å². The van der Waals surface area contributed by atoms with Crippen molar-refractivity contribution >= 4 is 35.1 Å². The van der Waals surface area contributed by atoms with Crippen LogP contribution in [0, 0.1) is 27.2 Å². The Labute approximate surface area is 187 Å². The van der Waals surface area contributed by atoms with Crippen molar-refractivity contribution in [2.75, 3.05) is 5.32 Å². The number of hydrazone groups is 1. The lowest BCUT2D eigenvalue weighted by Crippen LogP contribution is -2.21. The molecule has 33 heavy (non-hydrogen) atoms. The summed E-state index contributed by atoms with van der Waals surface area (Å²) in [4.78, 5) is 45.6. The number of nitro groups is 2. The number of nitro benzene ring substituents is 2. The summed E-state index contributed by atoms with van der Waals surface area (Å²) in [5.41, 5.74) is 3.00. The van der Waals surface area contributed by atoms with Crippen LogP contribution in [0.2, 0.25) is 0 Å². The zero-order valence-corrected chi connectivity index (χ0v) is 17.2. The average Bonchev–Trinajstić information content (AvgIpc) is 2.79. The SMILES string of the molecule is Cc1ccc(C(=O)Nc2ccccc2C(=O)N/N=C\c2ccc([N+](=O)[O-])cc2[N+](=O)[O-])cc1. The number of aryl methyl sites for hydroxylation is 1. The highest BCUT2D eigenvalue weighted by molar-refractivity contribution is 6.09. The summed E-state index contributed by atoms with van der Waals surface area (Å²) in [6.07, 6.45) is 1.01. The smallest absolute Gasteiger partial charge is 0.285 e. The van der Waals surface area contributed by atoms with E-state index in [0.29, 0.717) is 5.56 Å². The number of nitrogens with one attached hydrogen (secondary N) is 2. The van der Waals surface area contributed by atoms with E-state index in [2.05, 4.69) is 15.8 Å². The number of anilines is 1. The van der Waals surface area contributed by atoms with Crippen LogP contribution in [0.4, 0.5) is 17.1 Å². The van der Waals surface area contributed by atoms with Gasteiger partial charge in [-0.25, -0.2) is 5.43 Å². The summed E-state index contributed by atoms with van der Waals surface area (Å²) >= 11 is 0. The first-order valence-electron chi connectivity index (χ1n) is 9.49. The minimum atomic E-state index is -0.786. The van der Waals surface area contributed by atoms with E-state index in [1.807, 2.05) is 6.92 Å². The molecule has 0 saturated carbocycles. The summed E-state index contributed by atoms with van der Waals surface area (Å²) in [5, 5.41) is 28.4. The molecule has 0 aliphatic carbocycles. The van der Waals surface area contributed by atoms with Gasteiger partial charge in [-0.2, -0.15) is 5.10 Å². The molecule has 0 atom stereocenters. The Bertz CT molecular complexity index is 1270. The van der Waals surface area contributed by atoms with Crippen molar-refractivity contribution in [3.05, 3.63) is 109 Å². The predicted octanol–water partition coefficient (Wildman–Crippen LogP) is 3.83. The van der Waals surface area contributed by atoms with Gasteiger partial charge in [-0.3, -0.25) is 29.8 Å². The Morgan fingerprint density at radius 3 is 2.27 bits per heavy atom. The fourth-order valence-corrected chi connectivity index (χ4v) is 2.82. The fourth-order valence-electron chi connectivity index (χ4n) is 2.82. The molecule has 0 aromatic heterocycles. The molecule has 0 bridgehead atoms. The maximum atomic E-state index is 12.6. The third-order valence-electron chi connectivity index (χ3n) is 4.52. The monoisotopic (exact) mass is 447 g/mol. The van der Waals surface area contributed by atoms with Crippen LogP contribution in [0.25, 0.3) is 0 Å². The standard InChI is InChI=1S/C22H17N5O6/c1-14-6-8-15(9-7-14)21(28)24-19-5-3-2-4-18(19)22(29)25-23-13-16-10-11-17(26(30)31)12-20(16)27(32)33/h2-13H,1H3,(H,24,28)(H,25,29)/b23-13-. The van der Waals surface area contributed by atoms with Gasteiger partial charge >= 0.3 is 0 Å². The zero-order chi connectivity index (χ0) is 24.0. The highest BCUT2D eigenvalue weighted by atomic mass is 16.6. The Kier molecular flexibility index (Phi) is 6.84. The number of amides is 2. The van der Waals surface area contributed by atoms with Crippen LogP contribution in [-0.2, 0) is 0 Å². The molecule has 0 saturated heterocycles. The zero-order valence-electron chi connectivity index (χ0n) is 17.2. The van der Waals surface area contributed by atoms with Gasteiger partial charge in [-0.1, -0.05) is 29.8 Å². The topological polar surface area (TPSA) is 157 Å². The summed E-state index contributed by atoms with van der Waals surface area (Å²) in [7, 11) is 0. The van der Waals surface area contributed by atoms with E-state index in [1.165, 1.54) is 6.07 Å². The highest BCUT2D eigenvalue weighted by Crippen LogP contribution is 2.23. The number of hydrogen-bond acceptors (Lipinski definition) is 7. The maximum Gasteiger partial charge on any atom is 0.285 e. The van der Waals surface area contributed by atoms with Gasteiger partial charge in [0.25, 0.3) is 23.2 Å². The number of carbonyl (C=O) groups is 2. The molecule has 3 aromatic carbocycles. The van der Waals surface area contributed by atoms with Crippen LogP contribution < -0.4 is 10.7 Å². The number of benzene rings is 3. The van der Waals surface area contributed by atoms with Gasteiger partial charge in [0.15, 0.2) is 0 Å². The van der Waals surface area contributed by atoms with Crippen molar-refractivity contribution < 1.29 is 19.4 Å². The van der Waals surface area contributed by atoms with Crippen molar-refractivity contribution in [3.8, 4) is 0 Å². The fraction of sp³-hybridized carbons (Fsp3) is 0.0455. The van der Waals surface area contributed by atoms with E-state index in [-0.39, 0.29) is 16.8 Å². The maximum absolute atomic E-state index is 12.6. The third kappa shape index (κ3) is 5.61. The highest BCUT2D eigenvalue weighted by Gasteiger charge is 2.18. The Morgan fingerprint density at radius 2 is 1.61 bits per heavy atom. The molecule has 11 heteroatoms. The molecule has 3 rings (SSSR count). The number of para-hydroxylation sites is 1. The molecule has 0 unspecified atom stereocenters. The lowest BCUT2D eigenvalue weighted by Gasteiger charge is -2.10. The van der Waals surface area contributed by atoms with E-state index in [0.717, 1.165) is 30.0 Å². The van der Waals surface area contributed by atoms with Gasteiger partial charge < -0.3 is 5.32 Å². The first-order valence-corrected chi connectivity index (χ1v) is 9.49. The van der Waals surface area contributed by atoms with Crippen molar-refractivity contribution in [1.29, 1.82) is 0 Å². The lowest BCUT2D eigenvalue weighted by molar-refractivity contribution is -0.394. The van der Waals surface area contributed by atoms with Crippen molar-refractivity contribution in [2.45, 2.75) is 6.92 Å². The molecule has 3 aromatic rings. The molecule has 0 fully saturated rings. The number of hydrogen-bond donors (Lipinski definition) is 2. The minimum Gasteiger partial charge on any atom is -0.321 e. The molecular formula is C22H17N5O6. The molecule has 0 spiro atoms. The van der Waals surface area contributed by atoms with Crippen LogP contribution in [0.1, 0.15) is 31.8 Å². The number of carbonyl (C=O) groups excluding carboxylic acids is 2. The Hall–Kier alpha value is -4.93. The summed E-state index contributed by atoms with van der Waals surface area (Å²) in [6, 6.07) is 16.2. The number of nitrogens with zero attached hydrogens (tertiary/aromatic N) is 3. The van der Waals surface area contributed by atoms with Gasteiger partial charge in [-0.15, -0.1) is 0 Å². The normalized spacial score (nSPS) is 10.6. The summed E-state index contributed by atoms with van der Waals surface area (Å²) in [6.45, 7) is 1.90. The number of rotatable bonds is 7. The van der Waals surface area contributed by atoms with Gasteiger partial charge in [0.2, 0.25) is 0 Å². The molecule has 2 N–H and O–H groups in total. The average molecular weight is 447 g/mol. The number of non-ortho nitro benzene ring substituents is 1. The minimum absolute atomic E-state index is 0.0353. The summed E-state index contributed by atoms with van der Waals surface area (Å²) < 4.78 is 0. The van der Waals surface area contributed by atoms with Crippen molar-refractivity contribution in [1.82, 2.24) is 5.43 Å². The van der Waals surface area contributed by atoms with Crippen molar-refractivity contribution in [3.63, 3.8) is 0 Å².